The van der Waals surface area contributed by atoms with Crippen molar-refractivity contribution in [2.75, 3.05) is 14.1 Å². The Labute approximate surface area is 137 Å². The Hall–Kier alpha value is -1.46. The number of thioether (sulfide) groups is 1. The molecule has 0 saturated heterocycles. The van der Waals surface area contributed by atoms with Crippen LogP contribution in [-0.2, 0) is 20.0 Å². The van der Waals surface area contributed by atoms with Crippen molar-refractivity contribution < 1.29 is 21.6 Å². The fraction of sp³-hybridized carbons (Fsp3) is 0.154. The summed E-state index contributed by atoms with van der Waals surface area (Å²) in [6, 6.07) is 5.78. The van der Waals surface area contributed by atoms with Crippen LogP contribution in [0.1, 0.15) is 10.4 Å². The average Bonchev–Trinajstić information content (AvgIpc) is 2.86. The molecule has 0 amide bonds. The predicted octanol–water partition coefficient (Wildman–Crippen LogP) is 0.902. The second-order valence-corrected chi connectivity index (χ2v) is 9.43. The van der Waals surface area contributed by atoms with E-state index in [0.29, 0.717) is 16.3 Å². The van der Waals surface area contributed by atoms with Gasteiger partial charge in [-0.25, -0.2) is 26.3 Å². The quantitative estimate of drug-likeness (QED) is 0.825. The second kappa shape index (κ2) is 5.28. The highest BCUT2D eigenvalue weighted by molar-refractivity contribution is 8.15. The van der Waals surface area contributed by atoms with E-state index in [1.165, 1.54) is 14.1 Å². The fourth-order valence-corrected chi connectivity index (χ4v) is 5.72. The minimum absolute atomic E-state index is 0.176. The van der Waals surface area contributed by atoms with Crippen molar-refractivity contribution in [1.29, 1.82) is 0 Å². The average molecular weight is 372 g/mol. The third-order valence-corrected chi connectivity index (χ3v) is 7.63. The SMILES string of the molecule is CNS(=O)(=O)c1cc(S(=O)(=O)NC)c2cccc3c2c1SC3=O. The van der Waals surface area contributed by atoms with Crippen LogP contribution in [0.4, 0.5) is 0 Å². The summed E-state index contributed by atoms with van der Waals surface area (Å²) in [6.45, 7) is 0. The number of rotatable bonds is 4. The normalized spacial score (nSPS) is 14.6. The van der Waals surface area contributed by atoms with Crippen molar-refractivity contribution in [3.63, 3.8) is 0 Å². The van der Waals surface area contributed by atoms with E-state index in [1.54, 1.807) is 18.2 Å². The van der Waals surface area contributed by atoms with Crippen LogP contribution in [0.2, 0.25) is 0 Å². The van der Waals surface area contributed by atoms with Crippen LogP contribution in [0.3, 0.4) is 0 Å². The molecular formula is C13H12N2O5S3. The molecule has 1 aliphatic heterocycles. The van der Waals surface area contributed by atoms with E-state index in [4.69, 9.17) is 0 Å². The van der Waals surface area contributed by atoms with Crippen molar-refractivity contribution in [1.82, 2.24) is 9.44 Å². The topological polar surface area (TPSA) is 109 Å². The van der Waals surface area contributed by atoms with Crippen molar-refractivity contribution in [2.45, 2.75) is 14.7 Å². The molecule has 2 aromatic carbocycles. The van der Waals surface area contributed by atoms with Gasteiger partial charge in [0.25, 0.3) is 0 Å². The number of benzene rings is 2. The molecule has 0 aromatic heterocycles. The predicted molar refractivity (Wildman–Crippen MR) is 86.6 cm³/mol. The zero-order valence-corrected chi connectivity index (χ0v) is 14.5. The van der Waals surface area contributed by atoms with Crippen LogP contribution in [0.5, 0.6) is 0 Å². The molecular weight excluding hydrogens is 360 g/mol. The van der Waals surface area contributed by atoms with Crippen molar-refractivity contribution in [3.8, 4) is 0 Å². The smallest absolute Gasteiger partial charge is 0.241 e. The summed E-state index contributed by atoms with van der Waals surface area (Å²) in [6.07, 6.45) is 0. The second-order valence-electron chi connectivity index (χ2n) is 4.73. The summed E-state index contributed by atoms with van der Waals surface area (Å²) in [5, 5.41) is 0.366. The van der Waals surface area contributed by atoms with Gasteiger partial charge in [0.2, 0.25) is 25.2 Å². The lowest BCUT2D eigenvalue weighted by Gasteiger charge is -2.13. The van der Waals surface area contributed by atoms with E-state index in [2.05, 4.69) is 9.44 Å². The summed E-state index contributed by atoms with van der Waals surface area (Å²) in [7, 11) is -5.36. The molecule has 2 aromatic rings. The molecule has 7 nitrogen and oxygen atoms in total. The molecule has 3 rings (SSSR count). The number of nitrogens with one attached hydrogen (secondary N) is 2. The Bertz CT molecular complexity index is 1060. The Kier molecular flexibility index (Phi) is 3.76. The van der Waals surface area contributed by atoms with Crippen LogP contribution in [0, 0.1) is 0 Å². The Morgan fingerprint density at radius 3 is 2.17 bits per heavy atom. The number of hydrogen-bond donors (Lipinski definition) is 2. The molecule has 122 valence electrons. The Balaban J connectivity index is 2.58. The van der Waals surface area contributed by atoms with E-state index >= 15 is 0 Å². The van der Waals surface area contributed by atoms with Crippen LogP contribution < -0.4 is 9.44 Å². The Morgan fingerprint density at radius 2 is 1.57 bits per heavy atom. The molecule has 2 N–H and O–H groups in total. The summed E-state index contributed by atoms with van der Waals surface area (Å²) in [4.78, 5) is 12.0. The summed E-state index contributed by atoms with van der Waals surface area (Å²) in [5.41, 5.74) is 0.309. The number of sulfonamides is 2. The van der Waals surface area contributed by atoms with Gasteiger partial charge in [-0.15, -0.1) is 0 Å². The van der Waals surface area contributed by atoms with Gasteiger partial charge in [-0.2, -0.15) is 0 Å². The molecule has 0 spiro atoms. The Morgan fingerprint density at radius 1 is 0.957 bits per heavy atom. The lowest BCUT2D eigenvalue weighted by molar-refractivity contribution is 0.109. The first-order valence-electron chi connectivity index (χ1n) is 6.42. The van der Waals surface area contributed by atoms with Crippen LogP contribution in [-0.4, -0.2) is 36.0 Å². The third-order valence-electron chi connectivity index (χ3n) is 3.57. The maximum Gasteiger partial charge on any atom is 0.241 e. The van der Waals surface area contributed by atoms with Gasteiger partial charge in [0.15, 0.2) is 0 Å². The monoisotopic (exact) mass is 372 g/mol. The molecule has 0 unspecified atom stereocenters. The summed E-state index contributed by atoms with van der Waals surface area (Å²) >= 11 is 0.792. The fourth-order valence-electron chi connectivity index (χ4n) is 2.45. The molecule has 0 fully saturated rings. The summed E-state index contributed by atoms with van der Waals surface area (Å²) < 4.78 is 53.5. The van der Waals surface area contributed by atoms with Gasteiger partial charge in [-0.1, -0.05) is 12.1 Å². The van der Waals surface area contributed by atoms with E-state index in [0.717, 1.165) is 17.8 Å². The lowest BCUT2D eigenvalue weighted by atomic mass is 10.1. The highest BCUT2D eigenvalue weighted by atomic mass is 32.2. The van der Waals surface area contributed by atoms with Gasteiger partial charge < -0.3 is 0 Å². The highest BCUT2D eigenvalue weighted by Gasteiger charge is 2.33. The zero-order valence-electron chi connectivity index (χ0n) is 12.1. The minimum atomic E-state index is -3.93. The molecule has 0 radical (unpaired) electrons. The molecule has 0 bridgehead atoms. The number of carbonyl (C=O) groups excluding carboxylic acids is 1. The first-order valence-corrected chi connectivity index (χ1v) is 10.2. The first kappa shape index (κ1) is 16.4. The molecule has 1 heterocycles. The van der Waals surface area contributed by atoms with E-state index in [9.17, 15) is 21.6 Å². The lowest BCUT2D eigenvalue weighted by Crippen LogP contribution is -2.22. The van der Waals surface area contributed by atoms with Gasteiger partial charge in [0.05, 0.1) is 9.79 Å². The first-order chi connectivity index (χ1) is 10.7. The maximum atomic E-state index is 12.3. The van der Waals surface area contributed by atoms with Gasteiger partial charge in [0, 0.05) is 21.2 Å². The largest absolute Gasteiger partial charge is 0.281 e. The van der Waals surface area contributed by atoms with Crippen LogP contribution in [0.25, 0.3) is 10.8 Å². The molecule has 23 heavy (non-hydrogen) atoms. The third kappa shape index (κ3) is 2.37. The van der Waals surface area contributed by atoms with Crippen molar-refractivity contribution >= 4 is 47.7 Å². The van der Waals surface area contributed by atoms with Crippen molar-refractivity contribution in [2.24, 2.45) is 0 Å². The minimum Gasteiger partial charge on any atom is -0.281 e. The maximum absolute atomic E-state index is 12.3. The molecule has 0 atom stereocenters. The number of carbonyl (C=O) groups is 1. The van der Waals surface area contributed by atoms with Crippen molar-refractivity contribution in [3.05, 3.63) is 29.8 Å². The van der Waals surface area contributed by atoms with Gasteiger partial charge in [-0.05, 0) is 38.0 Å². The standard InChI is InChI=1S/C13H12N2O5S3/c1-14-22(17,18)9-6-10(23(19,20)15-2)12-11-7(9)4-3-5-8(11)13(16)21-12/h3-6,14-15H,1-2H3. The highest BCUT2D eigenvalue weighted by Crippen LogP contribution is 2.46. The van der Waals surface area contributed by atoms with E-state index in [-0.39, 0.29) is 19.8 Å². The molecule has 0 saturated carbocycles. The summed E-state index contributed by atoms with van der Waals surface area (Å²) in [5.74, 6) is 0. The molecule has 0 aliphatic carbocycles. The number of hydrogen-bond acceptors (Lipinski definition) is 6. The zero-order chi connectivity index (χ0) is 17.0. The van der Waals surface area contributed by atoms with E-state index in [1.807, 2.05) is 0 Å². The van der Waals surface area contributed by atoms with Gasteiger partial charge in [-0.3, -0.25) is 4.79 Å². The van der Waals surface area contributed by atoms with Crippen LogP contribution >= 0.6 is 11.8 Å². The van der Waals surface area contributed by atoms with Gasteiger partial charge >= 0.3 is 0 Å². The molecule has 10 heteroatoms. The van der Waals surface area contributed by atoms with E-state index < -0.39 is 20.0 Å². The van der Waals surface area contributed by atoms with Crippen LogP contribution in [0.15, 0.2) is 39.0 Å². The van der Waals surface area contributed by atoms with Gasteiger partial charge in [0.1, 0.15) is 0 Å². The molecule has 1 aliphatic rings.